The Morgan fingerprint density at radius 2 is 2.00 bits per heavy atom. The Morgan fingerprint density at radius 1 is 1.15 bits per heavy atom. The molecule has 0 aliphatic rings. The number of fused-ring (bicyclic) bond motifs is 1. The van der Waals surface area contributed by atoms with E-state index in [0.717, 1.165) is 51.8 Å². The van der Waals surface area contributed by atoms with Crippen LogP contribution in [0.15, 0.2) is 60.0 Å². The molecule has 0 fully saturated rings. The van der Waals surface area contributed by atoms with E-state index < -0.39 is 0 Å². The Morgan fingerprint density at radius 3 is 2.78 bits per heavy atom. The van der Waals surface area contributed by atoms with E-state index in [9.17, 15) is 0 Å². The maximum atomic E-state index is 5.96. The Hall–Kier alpha value is -3.01. The maximum absolute atomic E-state index is 5.96. The van der Waals surface area contributed by atoms with Gasteiger partial charge in [-0.3, -0.25) is 15.0 Å². The molecule has 3 aromatic rings. The fraction of sp³-hybridized carbons (Fsp3) is 0.261. The Balaban J connectivity index is 2.03. The van der Waals surface area contributed by atoms with E-state index in [-0.39, 0.29) is 0 Å². The number of nitrogens with zero attached hydrogens (tertiary/aromatic N) is 3. The van der Waals surface area contributed by atoms with Crippen molar-refractivity contribution in [3.63, 3.8) is 0 Å². The lowest BCUT2D eigenvalue weighted by atomic mass is 9.95. The highest BCUT2D eigenvalue weighted by molar-refractivity contribution is 6.12. The van der Waals surface area contributed by atoms with Crippen LogP contribution in [-0.2, 0) is 0 Å². The average Bonchev–Trinajstić information content (AvgIpc) is 2.68. The van der Waals surface area contributed by atoms with Crippen LogP contribution in [0.1, 0.15) is 31.4 Å². The topological polar surface area (TPSA) is 64.2 Å². The number of hydrogen-bond donors (Lipinski definition) is 1. The van der Waals surface area contributed by atoms with Crippen LogP contribution in [0.3, 0.4) is 0 Å². The zero-order chi connectivity index (χ0) is 19.2. The van der Waals surface area contributed by atoms with Crippen LogP contribution < -0.4 is 5.73 Å². The molecule has 0 aliphatic carbocycles. The lowest BCUT2D eigenvalue weighted by Crippen LogP contribution is -2.01. The van der Waals surface area contributed by atoms with Crippen LogP contribution in [0.5, 0.6) is 0 Å². The summed E-state index contributed by atoms with van der Waals surface area (Å²) in [5, 5.41) is 1.11. The van der Waals surface area contributed by atoms with Crippen LogP contribution in [-0.4, -0.2) is 22.7 Å². The molecule has 4 nitrogen and oxygen atoms in total. The zero-order valence-electron chi connectivity index (χ0n) is 16.2. The summed E-state index contributed by atoms with van der Waals surface area (Å²) >= 11 is 0. The number of pyridine rings is 2. The maximum Gasteiger partial charge on any atom is 0.0784 e. The summed E-state index contributed by atoms with van der Waals surface area (Å²) in [6.07, 6.45) is 8.19. The van der Waals surface area contributed by atoms with Gasteiger partial charge >= 0.3 is 0 Å². The molecule has 0 spiro atoms. The van der Waals surface area contributed by atoms with Gasteiger partial charge in [-0.2, -0.15) is 0 Å². The molecule has 0 amide bonds. The highest BCUT2D eigenvalue weighted by Crippen LogP contribution is 2.30. The second-order valence-electron chi connectivity index (χ2n) is 7.10. The van der Waals surface area contributed by atoms with Gasteiger partial charge in [0.1, 0.15) is 0 Å². The number of nitrogens with two attached hydrogens (primary N) is 1. The van der Waals surface area contributed by atoms with E-state index in [2.05, 4.69) is 60.0 Å². The van der Waals surface area contributed by atoms with Gasteiger partial charge in [0.2, 0.25) is 0 Å². The minimum absolute atomic E-state index is 0.633. The number of aromatic nitrogens is 2. The summed E-state index contributed by atoms with van der Waals surface area (Å²) in [7, 11) is 0. The normalized spacial score (nSPS) is 12.4. The van der Waals surface area contributed by atoms with E-state index in [1.807, 2.05) is 30.7 Å². The van der Waals surface area contributed by atoms with Crippen LogP contribution in [0, 0.1) is 12.8 Å². The number of allylic oxidation sites excluding steroid dienone is 1. The first-order valence-electron chi connectivity index (χ1n) is 9.33. The van der Waals surface area contributed by atoms with E-state index >= 15 is 0 Å². The quantitative estimate of drug-likeness (QED) is 0.629. The van der Waals surface area contributed by atoms with Crippen molar-refractivity contribution in [3.8, 4) is 11.3 Å². The molecule has 0 saturated heterocycles. The molecule has 0 atom stereocenters. The van der Waals surface area contributed by atoms with Gasteiger partial charge < -0.3 is 5.73 Å². The van der Waals surface area contributed by atoms with Crippen molar-refractivity contribution in [3.05, 3.63) is 66.1 Å². The fourth-order valence-corrected chi connectivity index (χ4v) is 3.04. The summed E-state index contributed by atoms with van der Waals surface area (Å²) < 4.78 is 0. The molecular formula is C23H26N4. The summed E-state index contributed by atoms with van der Waals surface area (Å²) in [6, 6.07) is 12.2. The van der Waals surface area contributed by atoms with Gasteiger partial charge in [-0.05, 0) is 43.0 Å². The molecule has 0 radical (unpaired) electrons. The second kappa shape index (κ2) is 8.58. The van der Waals surface area contributed by atoms with Gasteiger partial charge in [0.05, 0.1) is 11.2 Å². The molecule has 0 saturated carbocycles. The number of benzene rings is 1. The molecule has 2 heterocycles. The van der Waals surface area contributed by atoms with Gasteiger partial charge in [0.15, 0.2) is 0 Å². The van der Waals surface area contributed by atoms with Gasteiger partial charge in [-0.25, -0.2) is 0 Å². The van der Waals surface area contributed by atoms with Crippen LogP contribution in [0.4, 0.5) is 0 Å². The predicted molar refractivity (Wildman–Crippen MR) is 115 cm³/mol. The van der Waals surface area contributed by atoms with Gasteiger partial charge in [-0.1, -0.05) is 32.0 Å². The molecule has 27 heavy (non-hydrogen) atoms. The minimum Gasteiger partial charge on any atom is -0.404 e. The smallest absolute Gasteiger partial charge is 0.0784 e. The Bertz CT molecular complexity index is 987. The van der Waals surface area contributed by atoms with Gasteiger partial charge in [-0.15, -0.1) is 0 Å². The molecule has 138 valence electrons. The van der Waals surface area contributed by atoms with Crippen LogP contribution in [0.25, 0.3) is 27.7 Å². The molecule has 2 aromatic heterocycles. The summed E-state index contributed by atoms with van der Waals surface area (Å²) in [4.78, 5) is 13.7. The summed E-state index contributed by atoms with van der Waals surface area (Å²) in [5.41, 5.74) is 11.9. The van der Waals surface area contributed by atoms with Crippen molar-refractivity contribution in [1.82, 2.24) is 9.97 Å². The SMILES string of the molecule is Cc1ccnc(-c2ccc3cccnc3c2)c1/C(C=NCCC(C)C)=C/N. The van der Waals surface area contributed by atoms with Crippen molar-refractivity contribution in [2.45, 2.75) is 27.2 Å². The molecule has 4 heteroatoms. The van der Waals surface area contributed by atoms with E-state index in [4.69, 9.17) is 5.73 Å². The third-order valence-corrected chi connectivity index (χ3v) is 4.57. The molecule has 3 rings (SSSR count). The third kappa shape index (κ3) is 4.40. The minimum atomic E-state index is 0.633. The first kappa shape index (κ1) is 18.8. The van der Waals surface area contributed by atoms with E-state index in [1.54, 1.807) is 6.20 Å². The van der Waals surface area contributed by atoms with Crippen molar-refractivity contribution in [1.29, 1.82) is 0 Å². The van der Waals surface area contributed by atoms with Crippen molar-refractivity contribution < 1.29 is 0 Å². The van der Waals surface area contributed by atoms with E-state index in [0.29, 0.717) is 5.92 Å². The molecule has 0 unspecified atom stereocenters. The zero-order valence-corrected chi connectivity index (χ0v) is 16.2. The number of rotatable bonds is 6. The van der Waals surface area contributed by atoms with Gasteiger partial charge in [0.25, 0.3) is 0 Å². The Kier molecular flexibility index (Phi) is 5.97. The second-order valence-corrected chi connectivity index (χ2v) is 7.10. The monoisotopic (exact) mass is 358 g/mol. The predicted octanol–water partition coefficient (Wildman–Crippen LogP) is 5.02. The molecule has 2 N–H and O–H groups in total. The lowest BCUT2D eigenvalue weighted by Gasteiger charge is -2.13. The average molecular weight is 358 g/mol. The number of hydrogen-bond acceptors (Lipinski definition) is 4. The summed E-state index contributed by atoms with van der Waals surface area (Å²) in [5.74, 6) is 0.633. The number of aliphatic imine (C=N–C) groups is 1. The Labute approximate surface area is 160 Å². The van der Waals surface area contributed by atoms with Crippen LogP contribution >= 0.6 is 0 Å². The third-order valence-electron chi connectivity index (χ3n) is 4.57. The first-order valence-corrected chi connectivity index (χ1v) is 9.33. The van der Waals surface area contributed by atoms with Crippen molar-refractivity contribution in [2.75, 3.05) is 6.54 Å². The summed E-state index contributed by atoms with van der Waals surface area (Å²) in [6.45, 7) is 7.27. The van der Waals surface area contributed by atoms with Crippen LogP contribution in [0.2, 0.25) is 0 Å². The molecule has 0 aliphatic heterocycles. The number of aryl methyl sites for hydroxylation is 1. The molecule has 0 bridgehead atoms. The molecule has 1 aromatic carbocycles. The molecular weight excluding hydrogens is 332 g/mol. The highest BCUT2D eigenvalue weighted by atomic mass is 14.7. The first-order chi connectivity index (χ1) is 13.1. The van der Waals surface area contributed by atoms with Crippen molar-refractivity contribution >= 4 is 22.7 Å². The van der Waals surface area contributed by atoms with E-state index in [1.165, 1.54) is 0 Å². The standard InChI is InChI=1S/C23H26N4/c1-16(2)8-11-25-15-20(14-24)22-17(3)9-12-27-23(22)19-7-6-18-5-4-10-26-21(18)13-19/h4-7,9-10,12-16H,8,11,24H2,1-3H3/b20-14+,25-15?. The largest absolute Gasteiger partial charge is 0.404 e. The van der Waals surface area contributed by atoms with Crippen molar-refractivity contribution in [2.24, 2.45) is 16.6 Å². The fourth-order valence-electron chi connectivity index (χ4n) is 3.04. The van der Waals surface area contributed by atoms with Gasteiger partial charge in [0, 0.05) is 53.4 Å². The highest BCUT2D eigenvalue weighted by Gasteiger charge is 2.13. The lowest BCUT2D eigenvalue weighted by molar-refractivity contribution is 0.598.